The molecule has 1 amide bonds. The highest BCUT2D eigenvalue weighted by molar-refractivity contribution is 6.30. The fourth-order valence-electron chi connectivity index (χ4n) is 3.99. The van der Waals surface area contributed by atoms with Crippen molar-refractivity contribution in [2.45, 2.75) is 25.9 Å². The Morgan fingerprint density at radius 1 is 1.29 bits per heavy atom. The molecule has 1 aromatic carbocycles. The number of benzene rings is 1. The second-order valence-electron chi connectivity index (χ2n) is 7.78. The van der Waals surface area contributed by atoms with Crippen LogP contribution in [0.4, 0.5) is 0 Å². The van der Waals surface area contributed by atoms with E-state index in [0.29, 0.717) is 17.3 Å². The standard InChI is InChI=1S/C22H27ClN6O2/c1-3-15-22(31)27-18-12-14(4-5-16(18)25-15)13-28-8-10-29(11-9-28)19-7-6-17(21(30)24-2)26-20(19)23/h4-7,12,17,26H,3,8-11,13H2,1-2H3,(H,24,30)(H,27,31). The number of carbonyl (C=O) groups excluding carboxylic acids is 1. The number of amides is 1. The highest BCUT2D eigenvalue weighted by Gasteiger charge is 2.25. The molecule has 0 saturated carbocycles. The van der Waals surface area contributed by atoms with Crippen molar-refractivity contribution < 1.29 is 4.79 Å². The van der Waals surface area contributed by atoms with Gasteiger partial charge in [-0.3, -0.25) is 14.5 Å². The number of fused-ring (bicyclic) bond motifs is 1. The second-order valence-corrected chi connectivity index (χ2v) is 8.15. The van der Waals surface area contributed by atoms with Crippen molar-refractivity contribution in [2.75, 3.05) is 33.2 Å². The summed E-state index contributed by atoms with van der Waals surface area (Å²) >= 11 is 6.41. The first-order valence-electron chi connectivity index (χ1n) is 10.5. The van der Waals surface area contributed by atoms with Crippen LogP contribution >= 0.6 is 11.6 Å². The number of allylic oxidation sites excluding steroid dienone is 1. The Bertz CT molecular complexity index is 1100. The predicted octanol–water partition coefficient (Wildman–Crippen LogP) is 1.28. The van der Waals surface area contributed by atoms with E-state index in [-0.39, 0.29) is 11.5 Å². The fourth-order valence-corrected chi connectivity index (χ4v) is 4.29. The van der Waals surface area contributed by atoms with Crippen molar-refractivity contribution in [3.05, 3.63) is 62.8 Å². The van der Waals surface area contributed by atoms with Gasteiger partial charge in [0.25, 0.3) is 5.56 Å². The molecule has 4 rings (SSSR count). The van der Waals surface area contributed by atoms with E-state index in [1.807, 2.05) is 31.2 Å². The largest absolute Gasteiger partial charge is 0.367 e. The molecule has 0 bridgehead atoms. The number of aromatic amines is 1. The van der Waals surface area contributed by atoms with Crippen LogP contribution in [0.15, 0.2) is 46.0 Å². The number of likely N-dealkylation sites (N-methyl/N-ethyl adjacent to an activating group) is 1. The minimum atomic E-state index is -0.440. The van der Waals surface area contributed by atoms with Gasteiger partial charge in [0, 0.05) is 39.8 Å². The van der Waals surface area contributed by atoms with Gasteiger partial charge >= 0.3 is 0 Å². The summed E-state index contributed by atoms with van der Waals surface area (Å²) in [5.74, 6) is -0.115. The van der Waals surface area contributed by atoms with Gasteiger partial charge in [-0.05, 0) is 30.2 Å². The summed E-state index contributed by atoms with van der Waals surface area (Å²) in [6.45, 7) is 6.20. The van der Waals surface area contributed by atoms with Crippen LogP contribution in [0.1, 0.15) is 18.2 Å². The molecule has 2 aliphatic heterocycles. The van der Waals surface area contributed by atoms with Gasteiger partial charge in [0.1, 0.15) is 16.9 Å². The molecule has 9 heteroatoms. The fraction of sp³-hybridized carbons (Fsp3) is 0.409. The summed E-state index contributed by atoms with van der Waals surface area (Å²) in [7, 11) is 1.61. The van der Waals surface area contributed by atoms with Gasteiger partial charge in [0.2, 0.25) is 5.91 Å². The van der Waals surface area contributed by atoms with Crippen molar-refractivity contribution in [3.8, 4) is 0 Å². The number of H-pyrrole nitrogens is 1. The van der Waals surface area contributed by atoms with E-state index in [1.165, 1.54) is 0 Å². The first-order chi connectivity index (χ1) is 15.0. The lowest BCUT2D eigenvalue weighted by molar-refractivity contribution is -0.121. The minimum absolute atomic E-state index is 0.112. The van der Waals surface area contributed by atoms with Gasteiger partial charge < -0.3 is 20.5 Å². The quantitative estimate of drug-likeness (QED) is 0.604. The SMILES string of the molecule is CCc1nc2ccc(CN3CCN(C4=C(Cl)NC(C(=O)NC)C=C4)CC3)cc2[nH]c1=O. The van der Waals surface area contributed by atoms with Crippen molar-refractivity contribution in [3.63, 3.8) is 0 Å². The Balaban J connectivity index is 1.38. The highest BCUT2D eigenvalue weighted by atomic mass is 35.5. The lowest BCUT2D eigenvalue weighted by Crippen LogP contribution is -2.47. The maximum atomic E-state index is 12.1. The molecule has 0 aliphatic carbocycles. The number of carbonyl (C=O) groups is 1. The molecular weight excluding hydrogens is 416 g/mol. The smallest absolute Gasteiger partial charge is 0.270 e. The lowest BCUT2D eigenvalue weighted by atomic mass is 10.1. The van der Waals surface area contributed by atoms with Crippen LogP contribution in [0.2, 0.25) is 0 Å². The molecule has 3 heterocycles. The highest BCUT2D eigenvalue weighted by Crippen LogP contribution is 2.21. The number of aromatic nitrogens is 2. The number of nitrogens with one attached hydrogen (secondary N) is 3. The molecule has 1 atom stereocenters. The zero-order valence-corrected chi connectivity index (χ0v) is 18.5. The number of hydrogen-bond acceptors (Lipinski definition) is 6. The maximum Gasteiger partial charge on any atom is 0.270 e. The molecule has 1 unspecified atom stereocenters. The minimum Gasteiger partial charge on any atom is -0.367 e. The summed E-state index contributed by atoms with van der Waals surface area (Å²) in [6, 6.07) is 5.62. The van der Waals surface area contributed by atoms with Gasteiger partial charge in [0.05, 0.1) is 16.7 Å². The number of nitrogens with zero attached hydrogens (tertiary/aromatic N) is 3. The third kappa shape index (κ3) is 4.60. The Kier molecular flexibility index (Phi) is 6.29. The molecule has 0 radical (unpaired) electrons. The van der Waals surface area contributed by atoms with E-state index >= 15 is 0 Å². The zero-order chi connectivity index (χ0) is 22.0. The van der Waals surface area contributed by atoms with Crippen molar-refractivity contribution in [1.29, 1.82) is 0 Å². The van der Waals surface area contributed by atoms with Crippen LogP contribution in [0.3, 0.4) is 0 Å². The van der Waals surface area contributed by atoms with Crippen LogP contribution < -0.4 is 16.2 Å². The second kappa shape index (κ2) is 9.11. The predicted molar refractivity (Wildman–Crippen MR) is 122 cm³/mol. The molecule has 0 spiro atoms. The molecule has 1 aromatic heterocycles. The number of hydrogen-bond donors (Lipinski definition) is 3. The monoisotopic (exact) mass is 442 g/mol. The molecule has 1 saturated heterocycles. The van der Waals surface area contributed by atoms with Gasteiger partial charge in [-0.15, -0.1) is 0 Å². The maximum absolute atomic E-state index is 12.1. The third-order valence-electron chi connectivity index (χ3n) is 5.76. The summed E-state index contributed by atoms with van der Waals surface area (Å²) in [4.78, 5) is 35.9. The summed E-state index contributed by atoms with van der Waals surface area (Å²) < 4.78 is 0. The van der Waals surface area contributed by atoms with Crippen LogP contribution in [0.25, 0.3) is 11.0 Å². The number of halogens is 1. The van der Waals surface area contributed by atoms with Gasteiger partial charge in [-0.1, -0.05) is 30.7 Å². The number of aryl methyl sites for hydroxylation is 1. The van der Waals surface area contributed by atoms with Crippen LogP contribution in [-0.4, -0.2) is 64.9 Å². The molecule has 3 N–H and O–H groups in total. The summed E-state index contributed by atoms with van der Waals surface area (Å²) in [5, 5.41) is 6.17. The van der Waals surface area contributed by atoms with E-state index < -0.39 is 6.04 Å². The molecule has 2 aromatic rings. The molecule has 8 nitrogen and oxygen atoms in total. The number of rotatable bonds is 5. The van der Waals surface area contributed by atoms with Crippen LogP contribution in [0, 0.1) is 0 Å². The molecule has 1 fully saturated rings. The summed E-state index contributed by atoms with van der Waals surface area (Å²) in [6.07, 6.45) is 4.38. The zero-order valence-electron chi connectivity index (χ0n) is 17.7. The average molecular weight is 443 g/mol. The van der Waals surface area contributed by atoms with Crippen LogP contribution in [0.5, 0.6) is 0 Å². The Morgan fingerprint density at radius 3 is 2.74 bits per heavy atom. The van der Waals surface area contributed by atoms with E-state index in [2.05, 4.69) is 36.5 Å². The van der Waals surface area contributed by atoms with Gasteiger partial charge in [-0.25, -0.2) is 4.98 Å². The normalized spacial score (nSPS) is 19.6. The van der Waals surface area contributed by atoms with Crippen molar-refractivity contribution in [1.82, 2.24) is 30.4 Å². The van der Waals surface area contributed by atoms with Crippen molar-refractivity contribution >= 4 is 28.5 Å². The molecule has 164 valence electrons. The summed E-state index contributed by atoms with van der Waals surface area (Å²) in [5.41, 5.74) is 4.11. The first kappa shape index (κ1) is 21.4. The molecule has 2 aliphatic rings. The van der Waals surface area contributed by atoms with E-state index in [0.717, 1.165) is 55.0 Å². The van der Waals surface area contributed by atoms with Crippen LogP contribution in [-0.2, 0) is 17.8 Å². The first-order valence-corrected chi connectivity index (χ1v) is 10.9. The number of piperazine rings is 1. The molecule has 31 heavy (non-hydrogen) atoms. The molecular formula is C22H27ClN6O2. The Labute approximate surface area is 186 Å². The van der Waals surface area contributed by atoms with Crippen molar-refractivity contribution in [2.24, 2.45) is 0 Å². The average Bonchev–Trinajstić information content (AvgIpc) is 2.78. The van der Waals surface area contributed by atoms with E-state index in [4.69, 9.17) is 11.6 Å². The van der Waals surface area contributed by atoms with Gasteiger partial charge in [0.15, 0.2) is 0 Å². The van der Waals surface area contributed by atoms with E-state index in [9.17, 15) is 9.59 Å². The lowest BCUT2D eigenvalue weighted by Gasteiger charge is -2.38. The number of dihydropyridines is 1. The van der Waals surface area contributed by atoms with E-state index in [1.54, 1.807) is 7.05 Å². The van der Waals surface area contributed by atoms with Gasteiger partial charge in [-0.2, -0.15) is 0 Å². The third-order valence-corrected chi connectivity index (χ3v) is 6.07. The Morgan fingerprint density at radius 2 is 2.06 bits per heavy atom. The topological polar surface area (TPSA) is 93.4 Å². The Hall–Kier alpha value is -2.84.